The zero-order valence-electron chi connectivity index (χ0n) is 53.9. The minimum absolute atomic E-state index is 0. The molecule has 0 aliphatic carbocycles. The Balaban J connectivity index is 0.000000577. The Hall–Kier alpha value is -6.26. The molecule has 0 saturated carbocycles. The van der Waals surface area contributed by atoms with Crippen LogP contribution in [0.5, 0.6) is 23.0 Å². The van der Waals surface area contributed by atoms with E-state index >= 15 is 0 Å². The van der Waals surface area contributed by atoms with Crippen molar-refractivity contribution in [3.8, 4) is 55.3 Å². The second-order valence-electron chi connectivity index (χ2n) is 27.1. The van der Waals surface area contributed by atoms with Crippen LogP contribution >= 0.6 is 69.1 Å². The molecular weight excluding hydrogens is 1330 g/mol. The Labute approximate surface area is 584 Å². The Bertz CT molecular complexity index is 4140. The number of ether oxygens (including phenoxy) is 2. The summed E-state index contributed by atoms with van der Waals surface area (Å²) >= 11 is 30.4. The average Bonchev–Trinajstić information content (AvgIpc) is 1.59. The average molecular weight is 1410 g/mol. The van der Waals surface area contributed by atoms with Crippen LogP contribution < -0.4 is 0 Å². The maximum atomic E-state index is 12.3. The topological polar surface area (TPSA) is 75.9 Å². The number of aromatic hydroxyl groups is 4. The van der Waals surface area contributed by atoms with E-state index in [-0.39, 0.29) is 59.4 Å². The van der Waals surface area contributed by atoms with Crippen LogP contribution in [0.2, 0.25) is 20.1 Å². The molecule has 4 N–H and O–H groups in total. The molecular formula is C78H80Cl4N2O4S2Zr. The maximum Gasteiger partial charge on any atom is 0.265 e. The van der Waals surface area contributed by atoms with Gasteiger partial charge in [0.25, 0.3) is 11.5 Å². The van der Waals surface area contributed by atoms with E-state index in [1.54, 1.807) is 12.1 Å². The van der Waals surface area contributed by atoms with Gasteiger partial charge in [0, 0.05) is 83.5 Å². The van der Waals surface area contributed by atoms with E-state index in [4.69, 9.17) is 55.9 Å². The van der Waals surface area contributed by atoms with Gasteiger partial charge in [-0.05, 0) is 105 Å². The minimum atomic E-state index is -0.0411. The predicted molar refractivity (Wildman–Crippen MR) is 390 cm³/mol. The van der Waals surface area contributed by atoms with Gasteiger partial charge in [-0.3, -0.25) is 0 Å². The van der Waals surface area contributed by atoms with Gasteiger partial charge in [-0.2, -0.15) is 49.2 Å². The maximum absolute atomic E-state index is 12.3. The first-order valence-electron chi connectivity index (χ1n) is 30.4. The van der Waals surface area contributed by atoms with E-state index in [2.05, 4.69) is 179 Å². The van der Waals surface area contributed by atoms with Gasteiger partial charge in [0.1, 0.15) is 11.1 Å². The summed E-state index contributed by atoms with van der Waals surface area (Å²) < 4.78 is 14.4. The molecule has 470 valence electrons. The number of hydrogen-bond acceptors (Lipinski definition) is 4. The molecule has 0 fully saturated rings. The summed E-state index contributed by atoms with van der Waals surface area (Å²) in [4.78, 5) is 1.19. The molecule has 91 heavy (non-hydrogen) atoms. The smallest absolute Gasteiger partial charge is 0.265 e. The second-order valence-corrected chi connectivity index (χ2v) is 30.5. The molecule has 0 aliphatic heterocycles. The first-order valence-corrected chi connectivity index (χ1v) is 33.7. The van der Waals surface area contributed by atoms with Gasteiger partial charge in [0.15, 0.2) is 24.7 Å². The van der Waals surface area contributed by atoms with Crippen LogP contribution in [-0.4, -0.2) is 42.0 Å². The number of aliphatic hydroxyl groups is 2. The van der Waals surface area contributed by atoms with Crippen LogP contribution in [0.25, 0.3) is 75.9 Å². The molecule has 12 aromatic rings. The van der Waals surface area contributed by atoms with Gasteiger partial charge in [0.05, 0.1) is 63.3 Å². The number of halogens is 4. The quantitative estimate of drug-likeness (QED) is 0.0769. The van der Waals surface area contributed by atoms with Crippen molar-refractivity contribution in [1.29, 1.82) is 0 Å². The molecule has 0 atom stereocenters. The molecule has 0 saturated heterocycles. The summed E-state index contributed by atoms with van der Waals surface area (Å²) in [5, 5.41) is 34.5. The molecule has 6 nitrogen and oxygen atoms in total. The molecule has 4 heterocycles. The van der Waals surface area contributed by atoms with Crippen LogP contribution in [0.15, 0.2) is 168 Å². The molecule has 0 amide bonds. The van der Waals surface area contributed by atoms with Gasteiger partial charge >= 0.3 is 0 Å². The number of aromatic nitrogens is 2. The zero-order chi connectivity index (χ0) is 64.8. The largest absolute Gasteiger partial charge is 0.582 e. The van der Waals surface area contributed by atoms with Crippen LogP contribution in [-0.2, 0) is 47.9 Å². The first kappa shape index (κ1) is 69.1. The monoisotopic (exact) mass is 1400 g/mol. The van der Waals surface area contributed by atoms with Crippen LogP contribution in [0.4, 0.5) is 0 Å². The van der Waals surface area contributed by atoms with Crippen molar-refractivity contribution in [3.05, 3.63) is 236 Å². The number of nitrogens with zero attached hydrogens (tertiary/aromatic N) is 2. The van der Waals surface area contributed by atoms with Crippen molar-refractivity contribution in [2.75, 3.05) is 13.2 Å². The van der Waals surface area contributed by atoms with E-state index in [1.807, 2.05) is 83.6 Å². The summed E-state index contributed by atoms with van der Waals surface area (Å²) in [6.45, 7) is 35.2. The summed E-state index contributed by atoms with van der Waals surface area (Å²) in [6, 6.07) is 53.6. The van der Waals surface area contributed by atoms with E-state index in [0.717, 1.165) is 54.7 Å². The van der Waals surface area contributed by atoms with Crippen molar-refractivity contribution in [2.45, 2.75) is 118 Å². The Morgan fingerprint density at radius 3 is 0.945 bits per heavy atom. The molecule has 0 spiro atoms. The van der Waals surface area contributed by atoms with Crippen molar-refractivity contribution in [3.63, 3.8) is 0 Å². The van der Waals surface area contributed by atoms with Gasteiger partial charge in [-0.15, -0.1) is 46.9 Å². The third kappa shape index (κ3) is 14.8. The summed E-state index contributed by atoms with van der Waals surface area (Å²) in [7, 11) is 0. The normalized spacial score (nSPS) is 12.0. The molecule has 0 bridgehead atoms. The number of fused-ring (bicyclic) bond motifs is 6. The molecule has 4 aromatic heterocycles. The van der Waals surface area contributed by atoms with Gasteiger partial charge in [-0.1, -0.05) is 166 Å². The predicted octanol–water partition coefficient (Wildman–Crippen LogP) is 24.3. The molecule has 0 radical (unpaired) electrons. The Kier molecular flexibility index (Phi) is 21.1. The molecule has 13 heteroatoms. The standard InChI is InChI=1S/C64H64Cl4N2O4S2.2C7H7.Zr/c1-61(2,3)35-15-21-45-39(29-35)40-30-36(62(4,5)6)16-22-46(40)69(45)49-33-75-59(57(49)71)53-51(25-19-43(65)55(53)67)73-27-13-14-28-74-52-26-20-44(66)56(68)54(52)60-58(72)50(34-76-60)70-47-23-17-37(63(7,8)9)31-41(47)42-32-38(64(10,11)12)18-24-48(42)70;2*1-7-5-3-2-4-6-7;/h15-26,29-34,71-72H,13-14,27-28H2,1-12H3;2*2-6H,1H2;/q;2*-1;/p+2. The van der Waals surface area contributed by atoms with Crippen LogP contribution in [0.1, 0.15) is 129 Å². The fourth-order valence-corrected chi connectivity index (χ4v) is 14.1. The summed E-state index contributed by atoms with van der Waals surface area (Å²) in [6.07, 6.45) is 1.43. The van der Waals surface area contributed by atoms with Crippen molar-refractivity contribution in [1.82, 2.24) is 9.13 Å². The number of rotatable bonds is 11. The first-order chi connectivity index (χ1) is 42.5. The van der Waals surface area contributed by atoms with E-state index in [1.165, 1.54) is 44.9 Å². The SMILES string of the molecule is CC(C)(C)c1ccc2c(c1)c1cc(C(C)(C)C)ccc1n2-c1csc(-c2c([OH+]CCCC[OH+]c3ccc(Cl)c(Cl)c3-c3scc(-n4c5ccc(C(C)(C)C)cc5c5cc(C(C)(C)C)ccc54)c3O)ccc(Cl)c2Cl)c1O.[CH2-]c1ccccc1.[CH2-]c1ccccc1.[Zr]. The molecule has 0 aliphatic rings. The molecule has 0 unspecified atom stereocenters. The van der Waals surface area contributed by atoms with Gasteiger partial charge in [-0.25, -0.2) is 0 Å². The fraction of sp³-hybridized carbons (Fsp3) is 0.256. The fourth-order valence-electron chi connectivity index (χ4n) is 11.1. The number of hydrogen-bond donors (Lipinski definition) is 2. The molecule has 12 rings (SSSR count). The van der Waals surface area contributed by atoms with Crippen molar-refractivity contribution < 1.29 is 45.9 Å². The number of thiophene rings is 2. The van der Waals surface area contributed by atoms with Gasteiger partial charge < -0.3 is 28.8 Å². The number of benzene rings is 8. The molecule has 8 aromatic carbocycles. The van der Waals surface area contributed by atoms with Gasteiger partial charge in [0.2, 0.25) is 0 Å². The van der Waals surface area contributed by atoms with E-state index in [0.29, 0.717) is 89.9 Å². The zero-order valence-corrected chi connectivity index (χ0v) is 61.0. The number of unbranched alkanes of at least 4 members (excludes halogenated alkanes) is 1. The van der Waals surface area contributed by atoms with Crippen molar-refractivity contribution in [2.24, 2.45) is 0 Å². The van der Waals surface area contributed by atoms with Crippen LogP contribution in [0.3, 0.4) is 0 Å². The van der Waals surface area contributed by atoms with Crippen molar-refractivity contribution >= 4 is 113 Å². The second kappa shape index (κ2) is 27.7. The van der Waals surface area contributed by atoms with E-state index in [9.17, 15) is 10.2 Å². The Morgan fingerprint density at radius 1 is 0.407 bits per heavy atom. The summed E-state index contributed by atoms with van der Waals surface area (Å²) in [5.74, 6) is 1.52. The van der Waals surface area contributed by atoms with E-state index < -0.39 is 0 Å². The summed E-state index contributed by atoms with van der Waals surface area (Å²) in [5.41, 5.74) is 13.5. The minimum Gasteiger partial charge on any atom is -0.582 e. The Morgan fingerprint density at radius 2 is 0.692 bits per heavy atom. The third-order valence-electron chi connectivity index (χ3n) is 16.4. The third-order valence-corrected chi connectivity index (χ3v) is 19.9. The van der Waals surface area contributed by atoms with Crippen LogP contribution in [0, 0.1) is 13.8 Å².